The van der Waals surface area contributed by atoms with E-state index in [-0.39, 0.29) is 55.3 Å². The Bertz CT molecular complexity index is 425. The molecular formula is C14H22N2O2P2W2. The van der Waals surface area contributed by atoms with Gasteiger partial charge in [-0.05, 0) is 23.3 Å². The summed E-state index contributed by atoms with van der Waals surface area (Å²) < 4.78 is 2.02. The standard InChI is InChI=1S/C7H11NOP.C6H7NO.CH4P.2W/c9-5-7-1-3-8(6-10)4-2-7;8-5-6-1-3-7-4-2-6;1-2;;/h1-4,9H,5-6,10H2;1-4,8H,5H2;1-2H2;;/q+1;;-1;;. The van der Waals surface area contributed by atoms with E-state index in [1.807, 2.05) is 29.1 Å². The molecule has 0 aliphatic rings. The van der Waals surface area contributed by atoms with Crippen molar-refractivity contribution in [3.8, 4) is 0 Å². The van der Waals surface area contributed by atoms with Crippen LogP contribution in [0.2, 0.25) is 0 Å². The van der Waals surface area contributed by atoms with Gasteiger partial charge in [-0.2, -0.15) is 0 Å². The molecule has 2 rings (SSSR count). The third kappa shape index (κ3) is 12.9. The summed E-state index contributed by atoms with van der Waals surface area (Å²) in [6, 6.07) is 7.37. The van der Waals surface area contributed by atoms with Gasteiger partial charge in [-0.1, -0.05) is 9.24 Å². The van der Waals surface area contributed by atoms with Crippen LogP contribution in [0.15, 0.2) is 49.1 Å². The average Bonchev–Trinajstić information content (AvgIpc) is 2.58. The fraction of sp³-hybridized carbons (Fsp3) is 0.214. The maximum Gasteiger partial charge on any atom is 0.169 e. The summed E-state index contributed by atoms with van der Waals surface area (Å²) in [7, 11) is 4.79. The van der Waals surface area contributed by atoms with Gasteiger partial charge in [-0.15, -0.1) is 0 Å². The molecule has 0 bridgehead atoms. The minimum atomic E-state index is 0. The molecule has 2 aromatic rings. The van der Waals surface area contributed by atoms with E-state index in [1.54, 1.807) is 24.5 Å². The van der Waals surface area contributed by atoms with Gasteiger partial charge >= 0.3 is 0 Å². The predicted octanol–water partition coefficient (Wildman–Crippen LogP) is 1.52. The van der Waals surface area contributed by atoms with E-state index < -0.39 is 0 Å². The Morgan fingerprint density at radius 3 is 1.64 bits per heavy atom. The largest absolute Gasteiger partial charge is 0.392 e. The van der Waals surface area contributed by atoms with Gasteiger partial charge in [0.2, 0.25) is 0 Å². The zero-order valence-electron chi connectivity index (χ0n) is 12.2. The van der Waals surface area contributed by atoms with E-state index in [0.29, 0.717) is 0 Å². The molecule has 0 radical (unpaired) electrons. The number of rotatable bonds is 3. The van der Waals surface area contributed by atoms with Crippen LogP contribution in [0.25, 0.3) is 0 Å². The molecule has 8 heteroatoms. The molecule has 0 amide bonds. The van der Waals surface area contributed by atoms with E-state index in [0.717, 1.165) is 17.4 Å². The van der Waals surface area contributed by atoms with Crippen molar-refractivity contribution in [2.24, 2.45) is 0 Å². The van der Waals surface area contributed by atoms with Crippen LogP contribution in [0, 0.1) is 6.66 Å². The second-order valence-electron chi connectivity index (χ2n) is 3.57. The first-order chi connectivity index (χ1) is 9.80. The van der Waals surface area contributed by atoms with Crippen LogP contribution in [-0.4, -0.2) is 15.2 Å². The zero-order valence-corrected chi connectivity index (χ0v) is 20.4. The molecule has 2 heterocycles. The molecule has 22 heavy (non-hydrogen) atoms. The molecule has 2 atom stereocenters. The number of pyridine rings is 2. The van der Waals surface area contributed by atoms with Crippen LogP contribution in [0.3, 0.4) is 0 Å². The molecule has 0 spiro atoms. The predicted molar refractivity (Wildman–Crippen MR) is 87.5 cm³/mol. The minimum absolute atomic E-state index is 0. The molecule has 0 aromatic carbocycles. The second-order valence-corrected chi connectivity index (χ2v) is 3.94. The number of aliphatic hydroxyl groups is 2. The van der Waals surface area contributed by atoms with Gasteiger partial charge in [-0.3, -0.25) is 4.98 Å². The summed E-state index contributed by atoms with van der Waals surface area (Å²) in [5.74, 6) is 0. The first kappa shape index (κ1) is 27.3. The Morgan fingerprint density at radius 2 is 1.32 bits per heavy atom. The van der Waals surface area contributed by atoms with Crippen molar-refractivity contribution >= 4 is 18.5 Å². The number of aliphatic hydroxyl groups excluding tert-OH is 2. The topological polar surface area (TPSA) is 57.2 Å². The summed E-state index contributed by atoms with van der Waals surface area (Å²) in [6.45, 7) is 3.39. The van der Waals surface area contributed by atoms with Crippen molar-refractivity contribution < 1.29 is 56.9 Å². The molecule has 2 aromatic heterocycles. The Hall–Kier alpha value is 0.457. The number of hydrogen-bond donors (Lipinski definition) is 2. The SMILES string of the molecule is OCc1cc[n+](CP)cc1.OCc1ccncc1.[CH2-]P.[W].[W]. The summed E-state index contributed by atoms with van der Waals surface area (Å²) in [6.07, 6.45) is 8.10. The third-order valence-electron chi connectivity index (χ3n) is 2.29. The van der Waals surface area contributed by atoms with Crippen molar-refractivity contribution in [2.75, 3.05) is 0 Å². The van der Waals surface area contributed by atoms with Crippen molar-refractivity contribution in [3.63, 3.8) is 0 Å². The maximum absolute atomic E-state index is 8.69. The Morgan fingerprint density at radius 1 is 0.909 bits per heavy atom. The van der Waals surface area contributed by atoms with Gasteiger partial charge in [0.05, 0.1) is 13.2 Å². The van der Waals surface area contributed by atoms with Gasteiger partial charge in [0.25, 0.3) is 0 Å². The normalized spacial score (nSPS) is 8.05. The first-order valence-electron chi connectivity index (χ1n) is 5.99. The maximum atomic E-state index is 8.69. The van der Waals surface area contributed by atoms with Crippen LogP contribution in [0.4, 0.5) is 0 Å². The van der Waals surface area contributed by atoms with E-state index in [2.05, 4.69) is 30.1 Å². The van der Waals surface area contributed by atoms with Crippen LogP contribution in [-0.2, 0) is 61.6 Å². The minimum Gasteiger partial charge on any atom is -0.392 e. The second kappa shape index (κ2) is 19.5. The molecule has 0 aliphatic heterocycles. The van der Waals surface area contributed by atoms with Gasteiger partial charge in [-0.25, -0.2) is 4.57 Å². The van der Waals surface area contributed by atoms with Gasteiger partial charge in [0.15, 0.2) is 18.7 Å². The number of nitrogens with zero attached hydrogens (tertiary/aromatic N) is 2. The molecule has 4 nitrogen and oxygen atoms in total. The fourth-order valence-corrected chi connectivity index (χ4v) is 1.45. The van der Waals surface area contributed by atoms with Crippen molar-refractivity contribution in [3.05, 3.63) is 66.8 Å². The first-order valence-corrected chi connectivity index (χ1v) is 7.63. The monoisotopic (exact) mass is 680 g/mol. The molecule has 0 aliphatic carbocycles. The van der Waals surface area contributed by atoms with E-state index in [9.17, 15) is 0 Å². The Labute approximate surface area is 166 Å². The number of hydrogen-bond acceptors (Lipinski definition) is 3. The summed E-state index contributed by atoms with van der Waals surface area (Å²) in [4.78, 5) is 3.78. The van der Waals surface area contributed by atoms with Crippen LogP contribution >= 0.6 is 18.5 Å². The van der Waals surface area contributed by atoms with Crippen LogP contribution in [0.1, 0.15) is 11.1 Å². The Kier molecular flexibility index (Phi) is 24.2. The molecule has 2 N–H and O–H groups in total. The summed E-state index contributed by atoms with van der Waals surface area (Å²) >= 11 is 0. The van der Waals surface area contributed by atoms with Gasteiger partial charge in [0, 0.05) is 66.7 Å². The smallest absolute Gasteiger partial charge is 0.169 e. The van der Waals surface area contributed by atoms with E-state index >= 15 is 0 Å². The van der Waals surface area contributed by atoms with Crippen LogP contribution in [0.5, 0.6) is 0 Å². The third-order valence-corrected chi connectivity index (χ3v) is 2.71. The molecular weight excluding hydrogens is 658 g/mol. The molecule has 122 valence electrons. The average molecular weight is 680 g/mol. The molecule has 0 fully saturated rings. The fourth-order valence-electron chi connectivity index (χ4n) is 1.20. The van der Waals surface area contributed by atoms with Crippen LogP contribution < -0.4 is 4.57 Å². The number of aromatic nitrogens is 2. The summed E-state index contributed by atoms with van der Waals surface area (Å²) in [5.41, 5.74) is 1.86. The molecule has 2 unspecified atom stereocenters. The van der Waals surface area contributed by atoms with Crippen molar-refractivity contribution in [1.29, 1.82) is 0 Å². The van der Waals surface area contributed by atoms with E-state index in [1.165, 1.54) is 0 Å². The molecule has 0 saturated heterocycles. The van der Waals surface area contributed by atoms with Gasteiger partial charge < -0.3 is 26.1 Å². The molecule has 0 saturated carbocycles. The van der Waals surface area contributed by atoms with Crippen molar-refractivity contribution in [1.82, 2.24) is 4.98 Å². The van der Waals surface area contributed by atoms with Gasteiger partial charge in [0.1, 0.15) is 0 Å². The Balaban J connectivity index is -0.000000276. The van der Waals surface area contributed by atoms with Crippen molar-refractivity contribution in [2.45, 2.75) is 19.5 Å². The summed E-state index contributed by atoms with van der Waals surface area (Å²) in [5, 5.41) is 17.2. The zero-order chi connectivity index (χ0) is 15.2. The quantitative estimate of drug-likeness (QED) is 0.294. The van der Waals surface area contributed by atoms with E-state index in [4.69, 9.17) is 10.2 Å².